The van der Waals surface area contributed by atoms with E-state index in [0.29, 0.717) is 0 Å². The van der Waals surface area contributed by atoms with Crippen molar-refractivity contribution in [3.8, 4) is 0 Å². The Kier molecular flexibility index (Phi) is 2.92. The molecule has 1 aromatic carbocycles. The van der Waals surface area contributed by atoms with Crippen LogP contribution < -0.4 is 10.2 Å². The van der Waals surface area contributed by atoms with Gasteiger partial charge in [-0.2, -0.15) is 5.10 Å². The molecule has 0 amide bonds. The van der Waals surface area contributed by atoms with Gasteiger partial charge in [0, 0.05) is 25.8 Å². The molecule has 0 bridgehead atoms. The number of benzene rings is 1. The molecule has 0 saturated carbocycles. The first-order valence-corrected chi connectivity index (χ1v) is 6.40. The van der Waals surface area contributed by atoms with E-state index in [-0.39, 0.29) is 0 Å². The summed E-state index contributed by atoms with van der Waals surface area (Å²) in [6.07, 6.45) is 4.00. The van der Waals surface area contributed by atoms with E-state index in [1.807, 2.05) is 10.9 Å². The highest BCUT2D eigenvalue weighted by atomic mass is 15.3. The van der Waals surface area contributed by atoms with Gasteiger partial charge in [0.25, 0.3) is 0 Å². The van der Waals surface area contributed by atoms with Gasteiger partial charge in [0.05, 0.1) is 24.1 Å². The minimum atomic E-state index is 0.933. The van der Waals surface area contributed by atoms with Crippen molar-refractivity contribution >= 4 is 11.4 Å². The molecule has 0 unspecified atom stereocenters. The van der Waals surface area contributed by atoms with Crippen molar-refractivity contribution < 1.29 is 0 Å². The van der Waals surface area contributed by atoms with Crippen LogP contribution in [0.1, 0.15) is 5.56 Å². The van der Waals surface area contributed by atoms with Gasteiger partial charge >= 0.3 is 0 Å². The number of hydrogen-bond donors (Lipinski definition) is 1. The Bertz CT molecular complexity index is 532. The lowest BCUT2D eigenvalue weighted by Crippen LogP contribution is -2.36. The lowest BCUT2D eigenvalue weighted by Gasteiger charge is -2.31. The van der Waals surface area contributed by atoms with Crippen LogP contribution in [0.25, 0.3) is 0 Å². The van der Waals surface area contributed by atoms with E-state index in [1.165, 1.54) is 16.9 Å². The molecule has 0 radical (unpaired) electrons. The average molecular weight is 242 g/mol. The second-order valence-electron chi connectivity index (χ2n) is 4.71. The lowest BCUT2D eigenvalue weighted by atomic mass is 10.2. The molecule has 2 aromatic rings. The summed E-state index contributed by atoms with van der Waals surface area (Å²) >= 11 is 0. The van der Waals surface area contributed by atoms with Gasteiger partial charge in [-0.3, -0.25) is 4.68 Å². The number of hydrogen-bond acceptors (Lipinski definition) is 3. The quantitative estimate of drug-likeness (QED) is 0.895. The van der Waals surface area contributed by atoms with Gasteiger partial charge in [0.2, 0.25) is 0 Å². The Hall–Kier alpha value is -1.97. The molecule has 1 aliphatic heterocycles. The van der Waals surface area contributed by atoms with Crippen molar-refractivity contribution in [2.24, 2.45) is 0 Å². The number of anilines is 2. The third kappa shape index (κ3) is 2.18. The molecule has 1 N–H and O–H groups in total. The fourth-order valence-corrected chi connectivity index (χ4v) is 2.39. The van der Waals surface area contributed by atoms with Crippen LogP contribution in [0, 0.1) is 6.92 Å². The zero-order valence-electron chi connectivity index (χ0n) is 10.6. The fourth-order valence-electron chi connectivity index (χ4n) is 2.39. The van der Waals surface area contributed by atoms with E-state index in [0.717, 1.165) is 26.2 Å². The van der Waals surface area contributed by atoms with Crippen molar-refractivity contribution in [1.29, 1.82) is 0 Å². The summed E-state index contributed by atoms with van der Waals surface area (Å²) in [5.74, 6) is 0. The molecule has 4 heteroatoms. The van der Waals surface area contributed by atoms with Gasteiger partial charge < -0.3 is 10.2 Å². The molecular formula is C14H18N4. The van der Waals surface area contributed by atoms with E-state index in [2.05, 4.69) is 52.7 Å². The Morgan fingerprint density at radius 3 is 3.00 bits per heavy atom. The highest BCUT2D eigenvalue weighted by Gasteiger charge is 2.15. The molecule has 4 nitrogen and oxygen atoms in total. The maximum Gasteiger partial charge on any atom is 0.0603 e. The lowest BCUT2D eigenvalue weighted by molar-refractivity contribution is 0.595. The molecule has 1 aliphatic rings. The largest absolute Gasteiger partial charge is 0.382 e. The minimum absolute atomic E-state index is 0.933. The SMILES string of the molecule is Cc1cnn(CCN2CCNc3ccccc32)c1. The summed E-state index contributed by atoms with van der Waals surface area (Å²) in [4.78, 5) is 2.42. The van der Waals surface area contributed by atoms with Crippen LogP contribution in [0.5, 0.6) is 0 Å². The first-order chi connectivity index (χ1) is 8.83. The molecule has 3 rings (SSSR count). The third-order valence-electron chi connectivity index (χ3n) is 3.30. The highest BCUT2D eigenvalue weighted by molar-refractivity contribution is 5.71. The molecule has 0 aliphatic carbocycles. The van der Waals surface area contributed by atoms with Crippen molar-refractivity contribution in [1.82, 2.24) is 9.78 Å². The predicted octanol–water partition coefficient (Wildman–Crippen LogP) is 2.12. The summed E-state index contributed by atoms with van der Waals surface area (Å²) < 4.78 is 2.01. The average Bonchev–Trinajstić information content (AvgIpc) is 2.82. The van der Waals surface area contributed by atoms with E-state index in [1.54, 1.807) is 0 Å². The van der Waals surface area contributed by atoms with Crippen LogP contribution in [-0.4, -0.2) is 29.4 Å². The maximum absolute atomic E-state index is 4.33. The molecule has 94 valence electrons. The Morgan fingerprint density at radius 1 is 1.28 bits per heavy atom. The fraction of sp³-hybridized carbons (Fsp3) is 0.357. The number of rotatable bonds is 3. The summed E-state index contributed by atoms with van der Waals surface area (Å²) in [7, 11) is 0. The molecule has 0 saturated heterocycles. The molecule has 0 fully saturated rings. The van der Waals surface area contributed by atoms with Gasteiger partial charge in [0.15, 0.2) is 0 Å². The predicted molar refractivity (Wildman–Crippen MR) is 74.1 cm³/mol. The standard InChI is InChI=1S/C14H18N4/c1-12-10-16-18(11-12)9-8-17-7-6-15-13-4-2-3-5-14(13)17/h2-5,10-11,15H,6-9H2,1H3. The van der Waals surface area contributed by atoms with Crippen LogP contribution in [0.3, 0.4) is 0 Å². The van der Waals surface area contributed by atoms with E-state index in [9.17, 15) is 0 Å². The number of fused-ring (bicyclic) bond motifs is 1. The summed E-state index contributed by atoms with van der Waals surface area (Å²) in [6.45, 7) is 6.07. The van der Waals surface area contributed by atoms with Crippen LogP contribution in [0.4, 0.5) is 11.4 Å². The monoisotopic (exact) mass is 242 g/mol. The Morgan fingerprint density at radius 2 is 2.17 bits per heavy atom. The number of aromatic nitrogens is 2. The van der Waals surface area contributed by atoms with E-state index >= 15 is 0 Å². The second kappa shape index (κ2) is 4.72. The number of aryl methyl sites for hydroxylation is 1. The van der Waals surface area contributed by atoms with Crippen molar-refractivity contribution in [2.75, 3.05) is 29.9 Å². The number of nitrogens with zero attached hydrogens (tertiary/aromatic N) is 3. The maximum atomic E-state index is 4.33. The smallest absolute Gasteiger partial charge is 0.0603 e. The zero-order valence-corrected chi connectivity index (χ0v) is 10.6. The third-order valence-corrected chi connectivity index (χ3v) is 3.30. The van der Waals surface area contributed by atoms with Crippen molar-refractivity contribution in [2.45, 2.75) is 13.5 Å². The van der Waals surface area contributed by atoms with Crippen LogP contribution in [-0.2, 0) is 6.54 Å². The van der Waals surface area contributed by atoms with Gasteiger partial charge in [-0.05, 0) is 24.6 Å². The topological polar surface area (TPSA) is 33.1 Å². The minimum Gasteiger partial charge on any atom is -0.382 e. The molecule has 0 spiro atoms. The normalized spacial score (nSPS) is 14.2. The van der Waals surface area contributed by atoms with Gasteiger partial charge in [-0.25, -0.2) is 0 Å². The van der Waals surface area contributed by atoms with Crippen LogP contribution in [0.15, 0.2) is 36.7 Å². The van der Waals surface area contributed by atoms with Crippen LogP contribution >= 0.6 is 0 Å². The molecule has 0 atom stereocenters. The van der Waals surface area contributed by atoms with Crippen LogP contribution in [0.2, 0.25) is 0 Å². The summed E-state index contributed by atoms with van der Waals surface area (Å²) in [5, 5.41) is 7.76. The first-order valence-electron chi connectivity index (χ1n) is 6.40. The second-order valence-corrected chi connectivity index (χ2v) is 4.71. The zero-order chi connectivity index (χ0) is 12.4. The van der Waals surface area contributed by atoms with Crippen molar-refractivity contribution in [3.63, 3.8) is 0 Å². The van der Waals surface area contributed by atoms with Gasteiger partial charge in [0.1, 0.15) is 0 Å². The highest BCUT2D eigenvalue weighted by Crippen LogP contribution is 2.27. The number of nitrogens with one attached hydrogen (secondary N) is 1. The van der Waals surface area contributed by atoms with E-state index < -0.39 is 0 Å². The van der Waals surface area contributed by atoms with Gasteiger partial charge in [-0.15, -0.1) is 0 Å². The number of para-hydroxylation sites is 2. The van der Waals surface area contributed by atoms with Crippen molar-refractivity contribution in [3.05, 3.63) is 42.2 Å². The molecule has 2 heterocycles. The first kappa shape index (κ1) is 11.1. The Balaban J connectivity index is 1.71. The van der Waals surface area contributed by atoms with Gasteiger partial charge in [-0.1, -0.05) is 12.1 Å². The molecule has 18 heavy (non-hydrogen) atoms. The summed E-state index contributed by atoms with van der Waals surface area (Å²) in [5.41, 5.74) is 3.75. The van der Waals surface area contributed by atoms with E-state index in [4.69, 9.17) is 0 Å². The Labute approximate surface area is 107 Å². The molecule has 1 aromatic heterocycles. The molecular weight excluding hydrogens is 224 g/mol. The summed E-state index contributed by atoms with van der Waals surface area (Å²) in [6, 6.07) is 8.48.